The van der Waals surface area contributed by atoms with Crippen LogP contribution in [-0.4, -0.2) is 63.4 Å². The molecule has 1 amide bonds. The van der Waals surface area contributed by atoms with Crippen LogP contribution in [0.4, 0.5) is 0 Å². The van der Waals surface area contributed by atoms with Crippen molar-refractivity contribution in [3.63, 3.8) is 0 Å². The van der Waals surface area contributed by atoms with Gasteiger partial charge >= 0.3 is 5.97 Å². The van der Waals surface area contributed by atoms with E-state index in [9.17, 15) is 9.59 Å². The molecule has 1 unspecified atom stereocenters. The second-order valence-corrected chi connectivity index (χ2v) is 7.09. The number of likely N-dealkylation sites (tertiary alicyclic amines) is 1. The average Bonchev–Trinajstić information content (AvgIpc) is 3.27. The lowest BCUT2D eigenvalue weighted by molar-refractivity contribution is -0.149. The summed E-state index contributed by atoms with van der Waals surface area (Å²) >= 11 is 0. The first kappa shape index (κ1) is 19.8. The standard InChI is InChI=1S/C21H23N5O4/c1-3-30-21(28)14-7-6-10-25(12-14)20(27)17-11-16(19-23-22-13-26(19)24-17)15-8-4-5-9-18(15)29-2/h4-5,8-9,11,13-14H,3,6-7,10,12H2,1-2H3. The predicted octanol–water partition coefficient (Wildman–Crippen LogP) is 2.22. The smallest absolute Gasteiger partial charge is 0.310 e. The number of rotatable bonds is 5. The maximum atomic E-state index is 13.3. The Morgan fingerprint density at radius 2 is 2.07 bits per heavy atom. The molecule has 3 heterocycles. The van der Waals surface area contributed by atoms with Crippen molar-refractivity contribution >= 4 is 17.5 Å². The van der Waals surface area contributed by atoms with Gasteiger partial charge in [-0.05, 0) is 31.9 Å². The third-order valence-electron chi connectivity index (χ3n) is 5.21. The molecule has 1 aromatic carbocycles. The van der Waals surface area contributed by atoms with Crippen molar-refractivity contribution in [3.05, 3.63) is 42.4 Å². The highest BCUT2D eigenvalue weighted by Crippen LogP contribution is 2.32. The lowest BCUT2D eigenvalue weighted by atomic mass is 9.97. The van der Waals surface area contributed by atoms with Crippen LogP contribution in [0.15, 0.2) is 36.7 Å². The van der Waals surface area contributed by atoms with E-state index in [-0.39, 0.29) is 23.5 Å². The molecular formula is C21H23N5O4. The van der Waals surface area contributed by atoms with Gasteiger partial charge in [0.1, 0.15) is 17.8 Å². The fraction of sp³-hybridized carbons (Fsp3) is 0.381. The molecule has 1 saturated heterocycles. The van der Waals surface area contributed by atoms with E-state index in [1.807, 2.05) is 24.3 Å². The Kier molecular flexibility index (Phi) is 5.60. The van der Waals surface area contributed by atoms with Gasteiger partial charge in [-0.25, -0.2) is 0 Å². The van der Waals surface area contributed by atoms with Crippen LogP contribution in [0.25, 0.3) is 16.8 Å². The van der Waals surface area contributed by atoms with E-state index in [1.165, 1.54) is 10.8 Å². The van der Waals surface area contributed by atoms with Crippen molar-refractivity contribution < 1.29 is 19.1 Å². The summed E-state index contributed by atoms with van der Waals surface area (Å²) in [6.45, 7) is 3.00. The van der Waals surface area contributed by atoms with Crippen LogP contribution in [0.3, 0.4) is 0 Å². The number of piperidine rings is 1. The number of nitrogens with zero attached hydrogens (tertiary/aromatic N) is 5. The van der Waals surface area contributed by atoms with Crippen LogP contribution in [0.1, 0.15) is 30.3 Å². The second kappa shape index (κ2) is 8.48. The van der Waals surface area contributed by atoms with Gasteiger partial charge in [0.15, 0.2) is 5.65 Å². The number of fused-ring (bicyclic) bond motifs is 1. The Morgan fingerprint density at radius 3 is 2.87 bits per heavy atom. The van der Waals surface area contributed by atoms with E-state index >= 15 is 0 Å². The summed E-state index contributed by atoms with van der Waals surface area (Å²) in [7, 11) is 1.59. The predicted molar refractivity (Wildman–Crippen MR) is 108 cm³/mol. The zero-order valence-corrected chi connectivity index (χ0v) is 16.9. The van der Waals surface area contributed by atoms with Gasteiger partial charge in [-0.15, -0.1) is 10.2 Å². The van der Waals surface area contributed by atoms with Crippen molar-refractivity contribution in [2.45, 2.75) is 19.8 Å². The van der Waals surface area contributed by atoms with E-state index in [2.05, 4.69) is 15.3 Å². The largest absolute Gasteiger partial charge is 0.496 e. The SMILES string of the molecule is CCOC(=O)C1CCCN(C(=O)c2cc(-c3ccccc3OC)c3nncn3n2)C1. The van der Waals surface area contributed by atoms with Gasteiger partial charge < -0.3 is 14.4 Å². The monoisotopic (exact) mass is 409 g/mol. The van der Waals surface area contributed by atoms with Gasteiger partial charge in [0.05, 0.1) is 19.6 Å². The maximum Gasteiger partial charge on any atom is 0.310 e. The maximum absolute atomic E-state index is 13.3. The summed E-state index contributed by atoms with van der Waals surface area (Å²) in [5.41, 5.74) is 2.27. The molecule has 4 rings (SSSR count). The summed E-state index contributed by atoms with van der Waals surface area (Å²) in [6, 6.07) is 9.22. The zero-order valence-electron chi connectivity index (χ0n) is 16.9. The minimum absolute atomic E-state index is 0.240. The highest BCUT2D eigenvalue weighted by molar-refractivity contribution is 5.95. The fourth-order valence-electron chi connectivity index (χ4n) is 3.77. The Hall–Kier alpha value is -3.49. The van der Waals surface area contributed by atoms with Gasteiger partial charge in [0, 0.05) is 24.2 Å². The molecule has 0 bridgehead atoms. The third kappa shape index (κ3) is 3.70. The molecule has 1 atom stereocenters. The Labute approximate surface area is 173 Å². The number of methoxy groups -OCH3 is 1. The molecule has 9 heteroatoms. The lowest BCUT2D eigenvalue weighted by Gasteiger charge is -2.31. The number of esters is 1. The average molecular weight is 409 g/mol. The number of hydrogen-bond acceptors (Lipinski definition) is 7. The van der Waals surface area contributed by atoms with Crippen LogP contribution >= 0.6 is 0 Å². The third-order valence-corrected chi connectivity index (χ3v) is 5.21. The van der Waals surface area contributed by atoms with Gasteiger partial charge in [0.2, 0.25) is 0 Å². The molecule has 0 saturated carbocycles. The van der Waals surface area contributed by atoms with Crippen molar-refractivity contribution in [2.24, 2.45) is 5.92 Å². The number of para-hydroxylation sites is 1. The van der Waals surface area contributed by atoms with E-state index < -0.39 is 0 Å². The van der Waals surface area contributed by atoms with Crippen molar-refractivity contribution in [3.8, 4) is 16.9 Å². The number of aromatic nitrogens is 4. The van der Waals surface area contributed by atoms with Gasteiger partial charge in [-0.3, -0.25) is 9.59 Å². The first-order valence-electron chi connectivity index (χ1n) is 9.92. The fourth-order valence-corrected chi connectivity index (χ4v) is 3.77. The highest BCUT2D eigenvalue weighted by atomic mass is 16.5. The summed E-state index contributed by atoms with van der Waals surface area (Å²) in [6.07, 6.45) is 2.92. The summed E-state index contributed by atoms with van der Waals surface area (Å²) in [4.78, 5) is 27.1. The molecule has 3 aromatic rings. The highest BCUT2D eigenvalue weighted by Gasteiger charge is 2.31. The minimum atomic E-state index is -0.310. The molecule has 0 spiro atoms. The topological polar surface area (TPSA) is 98.9 Å². The molecule has 0 N–H and O–H groups in total. The molecular weight excluding hydrogens is 386 g/mol. The number of hydrogen-bond donors (Lipinski definition) is 0. The van der Waals surface area contributed by atoms with Crippen LogP contribution in [0.5, 0.6) is 5.75 Å². The van der Waals surface area contributed by atoms with E-state index in [4.69, 9.17) is 9.47 Å². The van der Waals surface area contributed by atoms with Gasteiger partial charge in [-0.1, -0.05) is 18.2 Å². The first-order valence-corrected chi connectivity index (χ1v) is 9.92. The molecule has 156 valence electrons. The molecule has 30 heavy (non-hydrogen) atoms. The quantitative estimate of drug-likeness (QED) is 0.596. The summed E-state index contributed by atoms with van der Waals surface area (Å²) in [5.74, 6) is -0.148. The number of carbonyl (C=O) groups excluding carboxylic acids is 2. The molecule has 1 aliphatic rings. The number of carbonyl (C=O) groups is 2. The molecule has 0 radical (unpaired) electrons. The first-order chi connectivity index (χ1) is 14.6. The number of amides is 1. The molecule has 9 nitrogen and oxygen atoms in total. The van der Waals surface area contributed by atoms with Crippen LogP contribution < -0.4 is 4.74 Å². The van der Waals surface area contributed by atoms with Crippen molar-refractivity contribution in [1.29, 1.82) is 0 Å². The van der Waals surface area contributed by atoms with Crippen molar-refractivity contribution in [1.82, 2.24) is 24.7 Å². The Bertz CT molecular complexity index is 1080. The molecule has 0 aliphatic carbocycles. The zero-order chi connectivity index (χ0) is 21.1. The summed E-state index contributed by atoms with van der Waals surface area (Å²) in [5, 5.41) is 12.5. The number of benzene rings is 1. The Balaban J connectivity index is 1.69. The Morgan fingerprint density at radius 1 is 1.23 bits per heavy atom. The van der Waals surface area contributed by atoms with E-state index in [0.29, 0.717) is 43.1 Å². The van der Waals surface area contributed by atoms with Gasteiger partial charge in [0.25, 0.3) is 5.91 Å². The second-order valence-electron chi connectivity index (χ2n) is 7.09. The van der Waals surface area contributed by atoms with Crippen LogP contribution in [0.2, 0.25) is 0 Å². The molecule has 2 aromatic heterocycles. The number of ether oxygens (including phenoxy) is 2. The lowest BCUT2D eigenvalue weighted by Crippen LogP contribution is -2.43. The van der Waals surface area contributed by atoms with Crippen LogP contribution in [-0.2, 0) is 9.53 Å². The molecule has 1 aliphatic heterocycles. The van der Waals surface area contributed by atoms with E-state index in [1.54, 1.807) is 25.0 Å². The molecule has 1 fully saturated rings. The van der Waals surface area contributed by atoms with Crippen LogP contribution in [0, 0.1) is 5.92 Å². The minimum Gasteiger partial charge on any atom is -0.496 e. The van der Waals surface area contributed by atoms with Gasteiger partial charge in [-0.2, -0.15) is 9.61 Å². The summed E-state index contributed by atoms with van der Waals surface area (Å²) < 4.78 is 12.1. The van der Waals surface area contributed by atoms with Crippen molar-refractivity contribution in [2.75, 3.05) is 26.8 Å². The normalized spacial score (nSPS) is 16.5. The van der Waals surface area contributed by atoms with E-state index in [0.717, 1.165) is 12.0 Å².